The summed E-state index contributed by atoms with van der Waals surface area (Å²) in [7, 11) is 1.57. The highest BCUT2D eigenvalue weighted by molar-refractivity contribution is 14.0. The Hall–Kier alpha value is -1.96. The van der Waals surface area contributed by atoms with Crippen molar-refractivity contribution in [3.8, 4) is 11.5 Å². The monoisotopic (exact) mass is 509 g/mol. The van der Waals surface area contributed by atoms with E-state index >= 15 is 0 Å². The molecule has 29 heavy (non-hydrogen) atoms. The fourth-order valence-corrected chi connectivity index (χ4v) is 3.78. The molecule has 0 saturated carbocycles. The molecule has 2 aromatic carbocycles. The maximum Gasteiger partial charge on any atom is 0.193 e. The number of hydrogen-bond acceptors (Lipinski definition) is 3. The number of benzene rings is 2. The van der Waals surface area contributed by atoms with Crippen molar-refractivity contribution in [2.45, 2.75) is 26.2 Å². The van der Waals surface area contributed by atoms with Crippen molar-refractivity contribution in [1.29, 1.82) is 0 Å². The minimum atomic E-state index is 0. The second-order valence-electron chi connectivity index (χ2n) is 7.24. The van der Waals surface area contributed by atoms with Crippen molar-refractivity contribution in [2.24, 2.45) is 10.9 Å². The van der Waals surface area contributed by atoms with Crippen LogP contribution in [0.3, 0.4) is 0 Å². The number of hydrogen-bond donors (Lipinski definition) is 2. The number of aliphatic imine (C=N–C) groups is 1. The molecular weight excluding hydrogens is 477 g/mol. The molecule has 1 atom stereocenters. The van der Waals surface area contributed by atoms with Gasteiger partial charge in [-0.1, -0.05) is 42.5 Å². The summed E-state index contributed by atoms with van der Waals surface area (Å²) in [6.45, 7) is 5.64. The van der Waals surface area contributed by atoms with Crippen LogP contribution in [0, 0.1) is 5.92 Å². The second kappa shape index (κ2) is 11.9. The number of nitrogens with one attached hydrogen (secondary N) is 1. The third-order valence-electron chi connectivity index (χ3n) is 5.23. The normalized spacial score (nSPS) is 16.4. The molecule has 1 heterocycles. The van der Waals surface area contributed by atoms with E-state index in [9.17, 15) is 5.11 Å². The van der Waals surface area contributed by atoms with Gasteiger partial charge in [-0.3, -0.25) is 4.99 Å². The summed E-state index contributed by atoms with van der Waals surface area (Å²) < 4.78 is 5.19. The smallest absolute Gasteiger partial charge is 0.193 e. The zero-order valence-corrected chi connectivity index (χ0v) is 19.6. The fourth-order valence-electron chi connectivity index (χ4n) is 3.78. The van der Waals surface area contributed by atoms with Gasteiger partial charge in [0.25, 0.3) is 0 Å². The third-order valence-corrected chi connectivity index (χ3v) is 5.23. The molecule has 0 aromatic heterocycles. The number of phenolic OH excluding ortho intramolecular Hbond substituents is 1. The van der Waals surface area contributed by atoms with E-state index in [4.69, 9.17) is 9.73 Å². The van der Waals surface area contributed by atoms with Gasteiger partial charge in [0.2, 0.25) is 0 Å². The third kappa shape index (κ3) is 6.52. The summed E-state index contributed by atoms with van der Waals surface area (Å²) in [5.41, 5.74) is 2.27. The number of para-hydroxylation sites is 1. The van der Waals surface area contributed by atoms with Crippen LogP contribution in [0.4, 0.5) is 0 Å². The van der Waals surface area contributed by atoms with Crippen LogP contribution < -0.4 is 10.1 Å². The van der Waals surface area contributed by atoms with E-state index in [-0.39, 0.29) is 29.7 Å². The summed E-state index contributed by atoms with van der Waals surface area (Å²) in [4.78, 5) is 7.17. The van der Waals surface area contributed by atoms with Gasteiger partial charge in [0.15, 0.2) is 17.5 Å². The van der Waals surface area contributed by atoms with Crippen LogP contribution in [0.5, 0.6) is 11.5 Å². The van der Waals surface area contributed by atoms with Crippen LogP contribution >= 0.6 is 24.0 Å². The highest BCUT2D eigenvalue weighted by Crippen LogP contribution is 2.29. The Morgan fingerprint density at radius 3 is 2.72 bits per heavy atom. The largest absolute Gasteiger partial charge is 0.504 e. The van der Waals surface area contributed by atoms with Gasteiger partial charge in [-0.15, -0.1) is 24.0 Å². The van der Waals surface area contributed by atoms with Gasteiger partial charge in [-0.25, -0.2) is 0 Å². The average Bonchev–Trinajstić information content (AvgIpc) is 3.17. The molecule has 2 N–H and O–H groups in total. The van der Waals surface area contributed by atoms with Crippen molar-refractivity contribution in [3.63, 3.8) is 0 Å². The number of ether oxygens (including phenoxy) is 1. The predicted octanol–water partition coefficient (Wildman–Crippen LogP) is 4.09. The molecule has 158 valence electrons. The van der Waals surface area contributed by atoms with Crippen molar-refractivity contribution in [3.05, 3.63) is 59.7 Å². The van der Waals surface area contributed by atoms with Gasteiger partial charge in [0.05, 0.1) is 7.11 Å². The molecule has 0 radical (unpaired) electrons. The number of methoxy groups -OCH3 is 1. The number of likely N-dealkylation sites (tertiary alicyclic amines) is 1. The van der Waals surface area contributed by atoms with E-state index in [0.717, 1.165) is 37.6 Å². The number of phenols is 1. The molecular formula is C23H32IN3O2. The Bertz CT molecular complexity index is 783. The predicted molar refractivity (Wildman–Crippen MR) is 130 cm³/mol. The first kappa shape index (κ1) is 23.3. The molecule has 1 saturated heterocycles. The Balaban J connectivity index is 0.00000300. The van der Waals surface area contributed by atoms with Crippen molar-refractivity contribution >= 4 is 29.9 Å². The summed E-state index contributed by atoms with van der Waals surface area (Å²) in [5.74, 6) is 2.36. The lowest BCUT2D eigenvalue weighted by atomic mass is 9.99. The molecule has 1 aliphatic heterocycles. The van der Waals surface area contributed by atoms with Crippen LogP contribution in [0.25, 0.3) is 0 Å². The van der Waals surface area contributed by atoms with E-state index < -0.39 is 0 Å². The van der Waals surface area contributed by atoms with Crippen LogP contribution in [-0.2, 0) is 12.8 Å². The lowest BCUT2D eigenvalue weighted by Gasteiger charge is -2.22. The van der Waals surface area contributed by atoms with Gasteiger partial charge in [-0.2, -0.15) is 0 Å². The highest BCUT2D eigenvalue weighted by Gasteiger charge is 2.24. The van der Waals surface area contributed by atoms with Crippen LogP contribution in [0.2, 0.25) is 0 Å². The van der Waals surface area contributed by atoms with Gasteiger partial charge in [0.1, 0.15) is 0 Å². The summed E-state index contributed by atoms with van der Waals surface area (Å²) in [6, 6.07) is 16.3. The van der Waals surface area contributed by atoms with E-state index in [2.05, 4.69) is 47.5 Å². The maximum atomic E-state index is 10.2. The SMILES string of the molecule is CCNC(=NCCc1cccc(OC)c1O)N1CCC(Cc2ccccc2)C1.I. The molecule has 1 aliphatic rings. The second-order valence-corrected chi connectivity index (χ2v) is 7.24. The molecule has 0 spiro atoms. The van der Waals surface area contributed by atoms with Crippen molar-refractivity contribution in [1.82, 2.24) is 10.2 Å². The highest BCUT2D eigenvalue weighted by atomic mass is 127. The molecule has 5 nitrogen and oxygen atoms in total. The van der Waals surface area contributed by atoms with Crippen LogP contribution in [-0.4, -0.2) is 49.3 Å². The average molecular weight is 509 g/mol. The molecule has 3 rings (SSSR count). The Labute approximate surface area is 191 Å². The Morgan fingerprint density at radius 1 is 1.21 bits per heavy atom. The molecule has 6 heteroatoms. The molecule has 0 aliphatic carbocycles. The van der Waals surface area contributed by atoms with E-state index in [0.29, 0.717) is 24.6 Å². The van der Waals surface area contributed by atoms with Crippen LogP contribution in [0.15, 0.2) is 53.5 Å². The molecule has 1 unspecified atom stereocenters. The van der Waals surface area contributed by atoms with Crippen LogP contribution in [0.1, 0.15) is 24.5 Å². The number of nitrogens with zero attached hydrogens (tertiary/aromatic N) is 2. The van der Waals surface area contributed by atoms with E-state index in [1.807, 2.05) is 12.1 Å². The first-order valence-electron chi connectivity index (χ1n) is 10.1. The van der Waals surface area contributed by atoms with E-state index in [1.165, 1.54) is 12.0 Å². The van der Waals surface area contributed by atoms with E-state index in [1.54, 1.807) is 13.2 Å². The summed E-state index contributed by atoms with van der Waals surface area (Å²) in [5, 5.41) is 13.7. The Kier molecular flexibility index (Phi) is 9.57. The van der Waals surface area contributed by atoms with Gasteiger partial charge < -0.3 is 20.1 Å². The lowest BCUT2D eigenvalue weighted by Crippen LogP contribution is -2.40. The number of halogens is 1. The molecule has 0 amide bonds. The Morgan fingerprint density at radius 2 is 2.00 bits per heavy atom. The number of rotatable bonds is 7. The molecule has 2 aromatic rings. The van der Waals surface area contributed by atoms with Crippen molar-refractivity contribution in [2.75, 3.05) is 33.3 Å². The standard InChI is InChI=1S/C23H31N3O2.HI/c1-3-24-23(25-14-12-20-10-7-11-21(28-2)22(20)27)26-15-13-19(17-26)16-18-8-5-4-6-9-18;/h4-11,19,27H,3,12-17H2,1-2H3,(H,24,25);1H. The van der Waals surface area contributed by atoms with Crippen molar-refractivity contribution < 1.29 is 9.84 Å². The zero-order valence-electron chi connectivity index (χ0n) is 17.3. The molecule has 1 fully saturated rings. The quantitative estimate of drug-likeness (QED) is 0.336. The minimum absolute atomic E-state index is 0. The first-order chi connectivity index (χ1) is 13.7. The first-order valence-corrected chi connectivity index (χ1v) is 10.1. The summed E-state index contributed by atoms with van der Waals surface area (Å²) in [6.07, 6.45) is 2.99. The van der Waals surface area contributed by atoms with Gasteiger partial charge >= 0.3 is 0 Å². The zero-order chi connectivity index (χ0) is 19.8. The minimum Gasteiger partial charge on any atom is -0.504 e. The fraction of sp³-hybridized carbons (Fsp3) is 0.435. The van der Waals surface area contributed by atoms with Gasteiger partial charge in [-0.05, 0) is 49.3 Å². The van der Waals surface area contributed by atoms with Gasteiger partial charge in [0, 0.05) is 26.2 Å². The summed E-state index contributed by atoms with van der Waals surface area (Å²) >= 11 is 0. The number of guanidine groups is 1. The topological polar surface area (TPSA) is 57.1 Å². The lowest BCUT2D eigenvalue weighted by molar-refractivity contribution is 0.370. The molecule has 0 bridgehead atoms. The maximum absolute atomic E-state index is 10.2. The number of aromatic hydroxyl groups is 1.